The van der Waals surface area contributed by atoms with Gasteiger partial charge in [-0.2, -0.15) is 13.2 Å². The topological polar surface area (TPSA) is 79.1 Å². The Morgan fingerprint density at radius 2 is 1.47 bits per heavy atom. The Balaban J connectivity index is 1.34. The summed E-state index contributed by atoms with van der Waals surface area (Å²) in [5.41, 5.74) is 5.80. The van der Waals surface area contributed by atoms with E-state index in [0.29, 0.717) is 37.2 Å². The molecule has 6 rings (SSSR count). The molecule has 0 spiro atoms. The number of carbonyl (C=O) groups is 2. The zero-order chi connectivity index (χ0) is 26.6. The number of nitrogen functional groups attached to an aromatic ring is 1. The van der Waals surface area contributed by atoms with Crippen molar-refractivity contribution in [3.8, 4) is 11.5 Å². The molecule has 38 heavy (non-hydrogen) atoms. The second kappa shape index (κ2) is 9.05. The molecule has 0 aliphatic carbocycles. The maximum atomic E-state index is 14.5. The molecule has 0 radical (unpaired) electrons. The van der Waals surface area contributed by atoms with Gasteiger partial charge in [0, 0.05) is 32.2 Å². The molecular weight excluding hydrogens is 497 g/mol. The normalized spacial score (nSPS) is 21.6. The van der Waals surface area contributed by atoms with Crippen molar-refractivity contribution in [2.24, 2.45) is 0 Å². The van der Waals surface area contributed by atoms with Gasteiger partial charge in [-0.1, -0.05) is 30.3 Å². The fraction of sp³-hybridized carbons (Fsp3) is 0.286. The highest BCUT2D eigenvalue weighted by molar-refractivity contribution is 6.21. The van der Waals surface area contributed by atoms with Crippen molar-refractivity contribution in [3.05, 3.63) is 83.4 Å². The maximum absolute atomic E-state index is 14.5. The number of nitrogens with zero attached hydrogens (tertiary/aromatic N) is 3. The van der Waals surface area contributed by atoms with Gasteiger partial charge in [0.25, 0.3) is 11.8 Å². The summed E-state index contributed by atoms with van der Waals surface area (Å²) in [5.74, 6) is -0.773. The average molecular weight is 523 g/mol. The van der Waals surface area contributed by atoms with Gasteiger partial charge < -0.3 is 15.4 Å². The van der Waals surface area contributed by atoms with E-state index in [1.165, 1.54) is 17.0 Å². The SMILES string of the molecule is Nc1ccc(Oc2ccccc2)c(C(F)(F)F)c1N1CCN2CC[C@@H](N3C(=O)c4ccccc4C3=O)[C@H]2C1. The summed E-state index contributed by atoms with van der Waals surface area (Å²) in [5, 5.41) is 0. The van der Waals surface area contributed by atoms with Crippen LogP contribution in [0.4, 0.5) is 24.5 Å². The molecule has 2 atom stereocenters. The van der Waals surface area contributed by atoms with Crippen LogP contribution >= 0.6 is 0 Å². The lowest BCUT2D eigenvalue weighted by molar-refractivity contribution is -0.138. The van der Waals surface area contributed by atoms with Gasteiger partial charge in [0.2, 0.25) is 0 Å². The first-order chi connectivity index (χ1) is 18.2. The van der Waals surface area contributed by atoms with Gasteiger partial charge in [-0.15, -0.1) is 0 Å². The molecule has 3 aliphatic rings. The number of para-hydroxylation sites is 1. The number of piperazine rings is 1. The Labute approximate surface area is 217 Å². The van der Waals surface area contributed by atoms with Gasteiger partial charge in [-0.25, -0.2) is 0 Å². The second-order valence-electron chi connectivity index (χ2n) is 9.72. The Hall–Kier alpha value is -4.05. The zero-order valence-corrected chi connectivity index (χ0v) is 20.3. The lowest BCUT2D eigenvalue weighted by Gasteiger charge is -2.43. The van der Waals surface area contributed by atoms with Crippen LogP contribution in [0.25, 0.3) is 0 Å². The molecule has 0 bridgehead atoms. The van der Waals surface area contributed by atoms with E-state index in [1.807, 2.05) is 0 Å². The Morgan fingerprint density at radius 3 is 2.13 bits per heavy atom. The summed E-state index contributed by atoms with van der Waals surface area (Å²) in [6.07, 6.45) is -4.17. The van der Waals surface area contributed by atoms with Crippen molar-refractivity contribution in [2.45, 2.75) is 24.7 Å². The maximum Gasteiger partial charge on any atom is 0.422 e. The molecule has 196 valence electrons. The number of fused-ring (bicyclic) bond motifs is 2. The summed E-state index contributed by atoms with van der Waals surface area (Å²) in [7, 11) is 0. The molecule has 3 aromatic carbocycles. The number of hydrogen-bond acceptors (Lipinski definition) is 6. The van der Waals surface area contributed by atoms with Gasteiger partial charge in [-0.3, -0.25) is 19.4 Å². The van der Waals surface area contributed by atoms with Crippen LogP contribution in [0.2, 0.25) is 0 Å². The van der Waals surface area contributed by atoms with Crippen LogP contribution in [-0.2, 0) is 6.18 Å². The molecule has 0 saturated carbocycles. The number of hydrogen-bond donors (Lipinski definition) is 1. The van der Waals surface area contributed by atoms with E-state index in [4.69, 9.17) is 10.5 Å². The van der Waals surface area contributed by atoms with Crippen LogP contribution in [0.5, 0.6) is 11.5 Å². The number of rotatable bonds is 4. The van der Waals surface area contributed by atoms with Crippen molar-refractivity contribution < 1.29 is 27.5 Å². The number of halogens is 3. The fourth-order valence-electron chi connectivity index (χ4n) is 5.90. The summed E-state index contributed by atoms with van der Waals surface area (Å²) in [6.45, 7) is 1.62. The summed E-state index contributed by atoms with van der Waals surface area (Å²) >= 11 is 0. The Morgan fingerprint density at radius 1 is 0.816 bits per heavy atom. The van der Waals surface area contributed by atoms with E-state index in [9.17, 15) is 22.8 Å². The molecule has 0 aromatic heterocycles. The summed E-state index contributed by atoms with van der Waals surface area (Å²) in [4.78, 5) is 31.4. The highest BCUT2D eigenvalue weighted by atomic mass is 19.4. The van der Waals surface area contributed by atoms with Crippen molar-refractivity contribution in [2.75, 3.05) is 36.8 Å². The van der Waals surface area contributed by atoms with Gasteiger partial charge in [-0.05, 0) is 42.8 Å². The van der Waals surface area contributed by atoms with E-state index >= 15 is 0 Å². The van der Waals surface area contributed by atoms with E-state index in [1.54, 1.807) is 59.5 Å². The molecule has 2 saturated heterocycles. The molecular formula is C28H25F3N4O3. The number of anilines is 2. The zero-order valence-electron chi connectivity index (χ0n) is 20.3. The lowest BCUT2D eigenvalue weighted by atomic mass is 10.0. The number of carbonyl (C=O) groups excluding carboxylic acids is 2. The average Bonchev–Trinajstić information content (AvgIpc) is 3.42. The van der Waals surface area contributed by atoms with Crippen LogP contribution in [0.15, 0.2) is 66.7 Å². The molecule has 7 nitrogen and oxygen atoms in total. The third kappa shape index (κ3) is 3.96. The Kier molecular flexibility index (Phi) is 5.79. The first-order valence-electron chi connectivity index (χ1n) is 12.4. The first kappa shape index (κ1) is 24.3. The van der Waals surface area contributed by atoms with Crippen LogP contribution in [0, 0.1) is 0 Å². The molecule has 2 N–H and O–H groups in total. The minimum atomic E-state index is -4.73. The smallest absolute Gasteiger partial charge is 0.422 e. The van der Waals surface area contributed by atoms with Gasteiger partial charge >= 0.3 is 6.18 Å². The van der Waals surface area contributed by atoms with Gasteiger partial charge in [0.1, 0.15) is 17.1 Å². The molecule has 3 aromatic rings. The van der Waals surface area contributed by atoms with E-state index < -0.39 is 17.8 Å². The molecule has 10 heteroatoms. The van der Waals surface area contributed by atoms with Crippen molar-refractivity contribution in [1.29, 1.82) is 0 Å². The number of ether oxygens (including phenoxy) is 1. The van der Waals surface area contributed by atoms with E-state index in [2.05, 4.69) is 4.90 Å². The minimum absolute atomic E-state index is 0.0125. The molecule has 0 unspecified atom stereocenters. The van der Waals surface area contributed by atoms with Crippen LogP contribution < -0.4 is 15.4 Å². The van der Waals surface area contributed by atoms with Gasteiger partial charge in [0.15, 0.2) is 0 Å². The van der Waals surface area contributed by atoms with E-state index in [-0.39, 0.29) is 47.3 Å². The van der Waals surface area contributed by atoms with E-state index in [0.717, 1.165) is 0 Å². The fourth-order valence-corrected chi connectivity index (χ4v) is 5.90. The monoisotopic (exact) mass is 522 g/mol. The van der Waals surface area contributed by atoms with Crippen molar-refractivity contribution in [1.82, 2.24) is 9.80 Å². The largest absolute Gasteiger partial charge is 0.457 e. The molecule has 2 fully saturated rings. The number of nitrogens with two attached hydrogens (primary N) is 1. The van der Waals surface area contributed by atoms with Crippen molar-refractivity contribution >= 4 is 23.2 Å². The number of amides is 2. The quantitative estimate of drug-likeness (QED) is 0.398. The highest BCUT2D eigenvalue weighted by Gasteiger charge is 2.49. The molecule has 2 amide bonds. The highest BCUT2D eigenvalue weighted by Crippen LogP contribution is 2.47. The summed E-state index contributed by atoms with van der Waals surface area (Å²) < 4.78 is 49.2. The van der Waals surface area contributed by atoms with Crippen LogP contribution in [0.3, 0.4) is 0 Å². The third-order valence-electron chi connectivity index (χ3n) is 7.59. The lowest BCUT2D eigenvalue weighted by Crippen LogP contribution is -2.57. The molecule has 3 heterocycles. The molecule has 3 aliphatic heterocycles. The number of imide groups is 1. The predicted octanol–water partition coefficient (Wildman–Crippen LogP) is 4.64. The van der Waals surface area contributed by atoms with Crippen molar-refractivity contribution in [3.63, 3.8) is 0 Å². The van der Waals surface area contributed by atoms with Gasteiger partial charge in [0.05, 0.1) is 28.5 Å². The third-order valence-corrected chi connectivity index (χ3v) is 7.59. The minimum Gasteiger partial charge on any atom is -0.457 e. The van der Waals surface area contributed by atoms with Crippen LogP contribution in [0.1, 0.15) is 32.7 Å². The predicted molar refractivity (Wildman–Crippen MR) is 135 cm³/mol. The number of benzene rings is 3. The standard InChI is InChI=1S/C28H25F3N4O3/c29-28(30,31)24-23(38-17-6-2-1-3-7-17)11-10-20(32)25(24)34-15-14-33-13-12-21(22(33)16-34)35-26(36)18-8-4-5-9-19(18)27(35)37/h1-11,21-22H,12-16,32H2/t21-,22-/m1/s1. The first-order valence-corrected chi connectivity index (χ1v) is 12.4. The Bertz CT molecular complexity index is 1380. The second-order valence-corrected chi connectivity index (χ2v) is 9.72. The van der Waals surface area contributed by atoms with Crippen LogP contribution in [-0.4, -0.2) is 59.9 Å². The summed E-state index contributed by atoms with van der Waals surface area (Å²) in [6, 6.07) is 16.8. The number of alkyl halides is 3.